The van der Waals surface area contributed by atoms with Gasteiger partial charge in [-0.1, -0.05) is 6.07 Å². The molecule has 0 aliphatic heterocycles. The first-order valence-corrected chi connectivity index (χ1v) is 7.22. The summed E-state index contributed by atoms with van der Waals surface area (Å²) < 4.78 is 39.5. The van der Waals surface area contributed by atoms with Crippen LogP contribution in [-0.4, -0.2) is 10.1 Å². The Kier molecular flexibility index (Phi) is 4.32. The monoisotopic (exact) mass is 310 g/mol. The molecule has 1 unspecified atom stereocenters. The van der Waals surface area contributed by atoms with E-state index in [1.807, 2.05) is 0 Å². The zero-order valence-corrected chi connectivity index (χ0v) is 11.6. The molecule has 2 aromatic rings. The third-order valence-corrected chi connectivity index (χ3v) is 4.22. The van der Waals surface area contributed by atoms with Crippen molar-refractivity contribution in [2.24, 2.45) is 5.73 Å². The maximum atomic E-state index is 13.8. The molecule has 1 atom stereocenters. The molecule has 0 saturated carbocycles. The summed E-state index contributed by atoms with van der Waals surface area (Å²) in [5.41, 5.74) is 10.8. The Hall–Kier alpha value is -2.28. The highest BCUT2D eigenvalue weighted by molar-refractivity contribution is 7.84. The molecule has 2 aromatic carbocycles. The van der Waals surface area contributed by atoms with Gasteiger partial charge in [-0.25, -0.2) is 8.78 Å². The smallest absolute Gasteiger partial charge is 0.248 e. The fourth-order valence-electron chi connectivity index (χ4n) is 1.74. The molecule has 1 amide bonds. The Morgan fingerprint density at radius 2 is 1.81 bits per heavy atom. The molecule has 0 spiro atoms. The van der Waals surface area contributed by atoms with Gasteiger partial charge in [0.25, 0.3) is 0 Å². The maximum Gasteiger partial charge on any atom is 0.248 e. The standard InChI is InChI=1S/C14H12F2N2O2S/c15-11-5-8(14(18)19)1-2-9(11)7-21(20)13-4-3-10(17)6-12(13)16/h1-6H,7,17H2,(H2,18,19). The van der Waals surface area contributed by atoms with Gasteiger partial charge in [0.05, 0.1) is 21.4 Å². The lowest BCUT2D eigenvalue weighted by molar-refractivity contribution is 0.1000. The molecule has 0 aliphatic carbocycles. The van der Waals surface area contributed by atoms with Gasteiger partial charge in [0.1, 0.15) is 11.6 Å². The number of carbonyl (C=O) groups excluding carboxylic acids is 1. The average molecular weight is 310 g/mol. The van der Waals surface area contributed by atoms with Crippen LogP contribution in [0.2, 0.25) is 0 Å². The number of primary amides is 1. The highest BCUT2D eigenvalue weighted by Crippen LogP contribution is 2.20. The van der Waals surface area contributed by atoms with Crippen LogP contribution in [0.15, 0.2) is 41.3 Å². The SMILES string of the molecule is NC(=O)c1ccc(CS(=O)c2ccc(N)cc2F)c(F)c1. The summed E-state index contributed by atoms with van der Waals surface area (Å²) >= 11 is 0. The van der Waals surface area contributed by atoms with Crippen molar-refractivity contribution in [3.8, 4) is 0 Å². The average Bonchev–Trinajstić information content (AvgIpc) is 2.40. The summed E-state index contributed by atoms with van der Waals surface area (Å²) in [6, 6.07) is 7.38. The number of hydrogen-bond donors (Lipinski definition) is 2. The summed E-state index contributed by atoms with van der Waals surface area (Å²) in [7, 11) is -1.77. The third-order valence-electron chi connectivity index (χ3n) is 2.83. The largest absolute Gasteiger partial charge is 0.399 e. The van der Waals surface area contributed by atoms with E-state index in [2.05, 4.69) is 0 Å². The second kappa shape index (κ2) is 6.01. The molecule has 4 N–H and O–H groups in total. The first-order chi connectivity index (χ1) is 9.88. The molecule has 0 aromatic heterocycles. The second-order valence-electron chi connectivity index (χ2n) is 4.35. The number of hydrogen-bond acceptors (Lipinski definition) is 3. The third kappa shape index (κ3) is 3.43. The first kappa shape index (κ1) is 15.1. The van der Waals surface area contributed by atoms with E-state index in [-0.39, 0.29) is 27.5 Å². The van der Waals surface area contributed by atoms with E-state index < -0.39 is 28.3 Å². The van der Waals surface area contributed by atoms with Crippen LogP contribution < -0.4 is 11.5 Å². The molecule has 0 saturated heterocycles. The molecule has 0 heterocycles. The first-order valence-electron chi connectivity index (χ1n) is 5.90. The lowest BCUT2D eigenvalue weighted by Crippen LogP contribution is -2.12. The fourth-order valence-corrected chi connectivity index (χ4v) is 2.91. The Labute approximate surface area is 122 Å². The van der Waals surface area contributed by atoms with Crippen LogP contribution in [0.5, 0.6) is 0 Å². The summed E-state index contributed by atoms with van der Waals surface area (Å²) in [5, 5.41) is 0. The number of rotatable bonds is 4. The highest BCUT2D eigenvalue weighted by atomic mass is 32.2. The zero-order valence-electron chi connectivity index (χ0n) is 10.8. The molecule has 2 rings (SSSR count). The Morgan fingerprint density at radius 3 is 2.38 bits per heavy atom. The predicted octanol–water partition coefficient (Wildman–Crippen LogP) is 1.95. The van der Waals surface area contributed by atoms with Crippen molar-refractivity contribution >= 4 is 22.4 Å². The Morgan fingerprint density at radius 1 is 1.10 bits per heavy atom. The summed E-state index contributed by atoms with van der Waals surface area (Å²) in [6.45, 7) is 0. The Bertz CT molecular complexity index is 735. The van der Waals surface area contributed by atoms with Crippen LogP contribution >= 0.6 is 0 Å². The van der Waals surface area contributed by atoms with Crippen LogP contribution in [-0.2, 0) is 16.6 Å². The van der Waals surface area contributed by atoms with E-state index in [1.165, 1.54) is 24.3 Å². The van der Waals surface area contributed by atoms with Crippen molar-refractivity contribution in [1.29, 1.82) is 0 Å². The van der Waals surface area contributed by atoms with Crippen LogP contribution in [0.25, 0.3) is 0 Å². The van der Waals surface area contributed by atoms with E-state index in [0.29, 0.717) is 0 Å². The lowest BCUT2D eigenvalue weighted by Gasteiger charge is -2.07. The lowest BCUT2D eigenvalue weighted by atomic mass is 10.1. The van der Waals surface area contributed by atoms with E-state index in [0.717, 1.165) is 12.1 Å². The van der Waals surface area contributed by atoms with Gasteiger partial charge >= 0.3 is 0 Å². The quantitative estimate of drug-likeness (QED) is 0.846. The number of amides is 1. The van der Waals surface area contributed by atoms with E-state index in [9.17, 15) is 17.8 Å². The zero-order chi connectivity index (χ0) is 15.6. The summed E-state index contributed by atoms with van der Waals surface area (Å²) in [6.07, 6.45) is 0. The molecule has 21 heavy (non-hydrogen) atoms. The number of anilines is 1. The van der Waals surface area contributed by atoms with Crippen LogP contribution in [0.4, 0.5) is 14.5 Å². The van der Waals surface area contributed by atoms with Crippen molar-refractivity contribution in [3.63, 3.8) is 0 Å². The molecule has 110 valence electrons. The number of benzene rings is 2. The van der Waals surface area contributed by atoms with Gasteiger partial charge in [-0.15, -0.1) is 0 Å². The van der Waals surface area contributed by atoms with Gasteiger partial charge in [-0.05, 0) is 30.3 Å². The second-order valence-corrected chi connectivity index (χ2v) is 5.77. The van der Waals surface area contributed by atoms with Crippen molar-refractivity contribution in [2.45, 2.75) is 10.6 Å². The normalized spacial score (nSPS) is 12.1. The molecular weight excluding hydrogens is 298 g/mol. The molecule has 0 radical (unpaired) electrons. The van der Waals surface area contributed by atoms with Crippen LogP contribution in [0, 0.1) is 11.6 Å². The topological polar surface area (TPSA) is 86.2 Å². The number of nitrogens with two attached hydrogens (primary N) is 2. The molecular formula is C14H12F2N2O2S. The van der Waals surface area contributed by atoms with Crippen molar-refractivity contribution in [1.82, 2.24) is 0 Å². The minimum atomic E-state index is -1.77. The van der Waals surface area contributed by atoms with Crippen LogP contribution in [0.3, 0.4) is 0 Å². The van der Waals surface area contributed by atoms with Gasteiger partial charge in [-0.2, -0.15) is 0 Å². The van der Waals surface area contributed by atoms with Crippen LogP contribution in [0.1, 0.15) is 15.9 Å². The fraction of sp³-hybridized carbons (Fsp3) is 0.0714. The molecule has 7 heteroatoms. The van der Waals surface area contributed by atoms with Crippen molar-refractivity contribution in [3.05, 3.63) is 59.2 Å². The van der Waals surface area contributed by atoms with Crippen molar-refractivity contribution in [2.75, 3.05) is 5.73 Å². The predicted molar refractivity (Wildman–Crippen MR) is 75.8 cm³/mol. The maximum absolute atomic E-state index is 13.8. The number of halogens is 2. The van der Waals surface area contributed by atoms with E-state index >= 15 is 0 Å². The summed E-state index contributed by atoms with van der Waals surface area (Å²) in [4.78, 5) is 10.9. The number of nitrogen functional groups attached to an aromatic ring is 1. The molecule has 0 bridgehead atoms. The van der Waals surface area contributed by atoms with Gasteiger partial charge < -0.3 is 11.5 Å². The van der Waals surface area contributed by atoms with Gasteiger partial charge in [-0.3, -0.25) is 9.00 Å². The molecule has 0 fully saturated rings. The number of carbonyl (C=O) groups is 1. The minimum absolute atomic E-state index is 0.0145. The molecule has 4 nitrogen and oxygen atoms in total. The van der Waals surface area contributed by atoms with E-state index in [4.69, 9.17) is 11.5 Å². The van der Waals surface area contributed by atoms with Crippen molar-refractivity contribution < 1.29 is 17.8 Å². The van der Waals surface area contributed by atoms with Gasteiger partial charge in [0.15, 0.2) is 0 Å². The van der Waals surface area contributed by atoms with E-state index in [1.54, 1.807) is 0 Å². The summed E-state index contributed by atoms with van der Waals surface area (Å²) in [5.74, 6) is -2.39. The van der Waals surface area contributed by atoms with Gasteiger partial charge in [0, 0.05) is 16.8 Å². The highest BCUT2D eigenvalue weighted by Gasteiger charge is 2.14. The minimum Gasteiger partial charge on any atom is -0.399 e. The van der Waals surface area contributed by atoms with Gasteiger partial charge in [0.2, 0.25) is 5.91 Å². The Balaban J connectivity index is 2.25. The molecule has 0 aliphatic rings.